The van der Waals surface area contributed by atoms with E-state index in [4.69, 9.17) is 5.11 Å². The number of aliphatic carboxylic acids is 1. The van der Waals surface area contributed by atoms with Crippen LogP contribution in [0.4, 0.5) is 0 Å². The molecule has 4 nitrogen and oxygen atoms in total. The minimum absolute atomic E-state index is 0.0421. The third-order valence-corrected chi connectivity index (χ3v) is 4.30. The number of thioether (sulfide) groups is 1. The van der Waals surface area contributed by atoms with Crippen LogP contribution in [-0.4, -0.2) is 35.0 Å². The molecule has 0 aromatic heterocycles. The predicted octanol–water partition coefficient (Wildman–Crippen LogP) is 1.99. The Labute approximate surface area is 113 Å². The standard InChI is InChI=1S/C13H23NO3S/c1-9(2)5-10(6-12(15)16)7-14-13(17)11-3-4-18-8-11/h9-11H,3-8H2,1-2H3,(H,14,17)(H,15,16)/t10-,11?/m0/s1. The number of nitrogens with one attached hydrogen (secondary N) is 1. The molecule has 0 spiro atoms. The van der Waals surface area contributed by atoms with E-state index < -0.39 is 5.97 Å². The third kappa shape index (κ3) is 5.76. The van der Waals surface area contributed by atoms with Gasteiger partial charge in [-0.25, -0.2) is 0 Å². The van der Waals surface area contributed by atoms with Gasteiger partial charge in [-0.15, -0.1) is 0 Å². The van der Waals surface area contributed by atoms with E-state index in [1.54, 1.807) is 0 Å². The summed E-state index contributed by atoms with van der Waals surface area (Å²) in [5, 5.41) is 11.8. The second-order valence-corrected chi connectivity index (χ2v) is 6.55. The minimum Gasteiger partial charge on any atom is -0.481 e. The Morgan fingerprint density at radius 3 is 2.67 bits per heavy atom. The number of carboxylic acid groups (broad SMARTS) is 1. The molecule has 104 valence electrons. The Bertz CT molecular complexity index is 288. The maximum absolute atomic E-state index is 11.8. The van der Waals surface area contributed by atoms with Gasteiger partial charge in [0, 0.05) is 24.6 Å². The fraction of sp³-hybridized carbons (Fsp3) is 0.846. The van der Waals surface area contributed by atoms with Crippen LogP contribution in [0.2, 0.25) is 0 Å². The topological polar surface area (TPSA) is 66.4 Å². The van der Waals surface area contributed by atoms with E-state index in [9.17, 15) is 9.59 Å². The molecule has 0 aliphatic carbocycles. The number of carbonyl (C=O) groups excluding carboxylic acids is 1. The van der Waals surface area contributed by atoms with Crippen LogP contribution >= 0.6 is 11.8 Å². The molecule has 5 heteroatoms. The van der Waals surface area contributed by atoms with E-state index in [1.807, 2.05) is 11.8 Å². The minimum atomic E-state index is -0.786. The highest BCUT2D eigenvalue weighted by atomic mass is 32.2. The smallest absolute Gasteiger partial charge is 0.303 e. The van der Waals surface area contributed by atoms with E-state index in [2.05, 4.69) is 19.2 Å². The summed E-state index contributed by atoms with van der Waals surface area (Å²) in [7, 11) is 0. The van der Waals surface area contributed by atoms with Gasteiger partial charge in [-0.1, -0.05) is 13.8 Å². The number of amides is 1. The Hall–Kier alpha value is -0.710. The van der Waals surface area contributed by atoms with E-state index in [1.165, 1.54) is 0 Å². The molecule has 2 N–H and O–H groups in total. The number of hydrogen-bond donors (Lipinski definition) is 2. The molecule has 1 heterocycles. The molecule has 1 aliphatic rings. The average molecular weight is 273 g/mol. The van der Waals surface area contributed by atoms with Crippen molar-refractivity contribution in [2.75, 3.05) is 18.1 Å². The SMILES string of the molecule is CC(C)C[C@H](CNC(=O)C1CCSC1)CC(=O)O. The van der Waals surface area contributed by atoms with Gasteiger partial charge in [-0.05, 0) is 30.4 Å². The first kappa shape index (κ1) is 15.3. The molecule has 1 unspecified atom stereocenters. The van der Waals surface area contributed by atoms with E-state index in [0.29, 0.717) is 12.5 Å². The monoisotopic (exact) mass is 273 g/mol. The van der Waals surface area contributed by atoms with Gasteiger partial charge in [-0.2, -0.15) is 11.8 Å². The van der Waals surface area contributed by atoms with Crippen LogP contribution in [0.5, 0.6) is 0 Å². The lowest BCUT2D eigenvalue weighted by atomic mass is 9.94. The van der Waals surface area contributed by atoms with Gasteiger partial charge in [-0.3, -0.25) is 9.59 Å². The first-order valence-corrected chi connectivity index (χ1v) is 7.71. The molecule has 1 rings (SSSR count). The zero-order valence-corrected chi connectivity index (χ0v) is 12.0. The Morgan fingerprint density at radius 2 is 2.17 bits per heavy atom. The average Bonchev–Trinajstić information content (AvgIpc) is 2.77. The van der Waals surface area contributed by atoms with E-state index in [-0.39, 0.29) is 24.2 Å². The van der Waals surface area contributed by atoms with Crippen LogP contribution in [0.15, 0.2) is 0 Å². The van der Waals surface area contributed by atoms with Crippen molar-refractivity contribution in [1.82, 2.24) is 5.32 Å². The maximum atomic E-state index is 11.8. The summed E-state index contributed by atoms with van der Waals surface area (Å²) in [6.07, 6.45) is 1.92. The first-order valence-electron chi connectivity index (χ1n) is 6.56. The Balaban J connectivity index is 2.35. The van der Waals surface area contributed by atoms with Crippen molar-refractivity contribution >= 4 is 23.6 Å². The van der Waals surface area contributed by atoms with Crippen molar-refractivity contribution in [3.8, 4) is 0 Å². The molecule has 1 aliphatic heterocycles. The van der Waals surface area contributed by atoms with E-state index in [0.717, 1.165) is 24.3 Å². The summed E-state index contributed by atoms with van der Waals surface area (Å²) >= 11 is 1.81. The zero-order valence-electron chi connectivity index (χ0n) is 11.1. The van der Waals surface area contributed by atoms with Gasteiger partial charge in [0.05, 0.1) is 0 Å². The van der Waals surface area contributed by atoms with Gasteiger partial charge in [0.15, 0.2) is 0 Å². The van der Waals surface area contributed by atoms with Crippen LogP contribution < -0.4 is 5.32 Å². The first-order chi connectivity index (χ1) is 8.49. The quantitative estimate of drug-likeness (QED) is 0.744. The van der Waals surface area contributed by atoms with Crippen molar-refractivity contribution in [2.24, 2.45) is 17.8 Å². The molecule has 0 radical (unpaired) electrons. The van der Waals surface area contributed by atoms with Gasteiger partial charge in [0.25, 0.3) is 0 Å². The molecular formula is C13H23NO3S. The third-order valence-electron chi connectivity index (χ3n) is 3.13. The molecule has 0 aromatic carbocycles. The van der Waals surface area contributed by atoms with E-state index >= 15 is 0 Å². The lowest BCUT2D eigenvalue weighted by Gasteiger charge is -2.19. The molecule has 0 saturated carbocycles. The van der Waals surface area contributed by atoms with Crippen molar-refractivity contribution < 1.29 is 14.7 Å². The number of hydrogen-bond acceptors (Lipinski definition) is 3. The van der Waals surface area contributed by atoms with Crippen molar-refractivity contribution in [3.05, 3.63) is 0 Å². The number of rotatable bonds is 7. The molecule has 0 aromatic rings. The van der Waals surface area contributed by atoms with Crippen LogP contribution in [0.1, 0.15) is 33.1 Å². The van der Waals surface area contributed by atoms with Gasteiger partial charge >= 0.3 is 5.97 Å². The second-order valence-electron chi connectivity index (χ2n) is 5.40. The summed E-state index contributed by atoms with van der Waals surface area (Å²) in [5.41, 5.74) is 0. The predicted molar refractivity (Wildman–Crippen MR) is 73.6 cm³/mol. The van der Waals surface area contributed by atoms with Crippen molar-refractivity contribution in [1.29, 1.82) is 0 Å². The maximum Gasteiger partial charge on any atom is 0.303 e. The highest BCUT2D eigenvalue weighted by molar-refractivity contribution is 7.99. The summed E-state index contributed by atoms with van der Waals surface area (Å²) in [5.74, 6) is 1.89. The lowest BCUT2D eigenvalue weighted by Crippen LogP contribution is -2.35. The normalized spacial score (nSPS) is 20.9. The lowest BCUT2D eigenvalue weighted by molar-refractivity contribution is -0.138. The van der Waals surface area contributed by atoms with Crippen LogP contribution in [-0.2, 0) is 9.59 Å². The van der Waals surface area contributed by atoms with Crippen molar-refractivity contribution in [2.45, 2.75) is 33.1 Å². The number of carbonyl (C=O) groups is 2. The molecule has 18 heavy (non-hydrogen) atoms. The van der Waals surface area contributed by atoms with Gasteiger partial charge < -0.3 is 10.4 Å². The van der Waals surface area contributed by atoms with Crippen LogP contribution in [0.25, 0.3) is 0 Å². The Kier molecular flexibility index (Phi) is 6.54. The molecule has 1 saturated heterocycles. The molecule has 1 amide bonds. The van der Waals surface area contributed by atoms with Crippen molar-refractivity contribution in [3.63, 3.8) is 0 Å². The van der Waals surface area contributed by atoms with Gasteiger partial charge in [0.2, 0.25) is 5.91 Å². The molecule has 1 fully saturated rings. The zero-order chi connectivity index (χ0) is 13.5. The fourth-order valence-corrected chi connectivity index (χ4v) is 3.50. The van der Waals surface area contributed by atoms with Gasteiger partial charge in [0.1, 0.15) is 0 Å². The summed E-state index contributed by atoms with van der Waals surface area (Å²) in [4.78, 5) is 22.6. The summed E-state index contributed by atoms with van der Waals surface area (Å²) in [6.45, 7) is 4.64. The summed E-state index contributed by atoms with van der Waals surface area (Å²) < 4.78 is 0. The highest BCUT2D eigenvalue weighted by Gasteiger charge is 2.24. The number of carboxylic acids is 1. The molecule has 0 bridgehead atoms. The fourth-order valence-electron chi connectivity index (χ4n) is 2.28. The molecule has 2 atom stereocenters. The summed E-state index contributed by atoms with van der Waals surface area (Å²) in [6, 6.07) is 0. The van der Waals surface area contributed by atoms with Crippen LogP contribution in [0, 0.1) is 17.8 Å². The van der Waals surface area contributed by atoms with Crippen LogP contribution in [0.3, 0.4) is 0 Å². The largest absolute Gasteiger partial charge is 0.481 e. The molecular weight excluding hydrogens is 250 g/mol. The Morgan fingerprint density at radius 1 is 1.44 bits per heavy atom. The highest BCUT2D eigenvalue weighted by Crippen LogP contribution is 2.23. The second kappa shape index (κ2) is 7.67.